The Kier molecular flexibility index (Phi) is 5.82. The van der Waals surface area contributed by atoms with Crippen molar-refractivity contribution in [2.45, 2.75) is 38.4 Å². The first-order valence-corrected chi connectivity index (χ1v) is 7.19. The van der Waals surface area contributed by atoms with Crippen LogP contribution < -0.4 is 5.32 Å². The maximum atomic E-state index is 11.7. The summed E-state index contributed by atoms with van der Waals surface area (Å²) < 4.78 is 0. The third-order valence-electron chi connectivity index (χ3n) is 3.33. The molecule has 0 saturated carbocycles. The van der Waals surface area contributed by atoms with E-state index >= 15 is 0 Å². The summed E-state index contributed by atoms with van der Waals surface area (Å²) in [7, 11) is 0. The summed E-state index contributed by atoms with van der Waals surface area (Å²) in [5.74, 6) is -0.998. The lowest BCUT2D eigenvalue weighted by molar-refractivity contribution is -0.146. The van der Waals surface area contributed by atoms with E-state index in [2.05, 4.69) is 5.32 Å². The summed E-state index contributed by atoms with van der Waals surface area (Å²) in [5.41, 5.74) is 0. The molecule has 0 aromatic heterocycles. The predicted octanol–water partition coefficient (Wildman–Crippen LogP) is 1.75. The molecular formula is C12H21NO3S. The van der Waals surface area contributed by atoms with Gasteiger partial charge in [0.1, 0.15) is 0 Å². The summed E-state index contributed by atoms with van der Waals surface area (Å²) in [5, 5.41) is 12.2. The molecule has 2 N–H and O–H groups in total. The van der Waals surface area contributed by atoms with Crippen molar-refractivity contribution in [2.24, 2.45) is 11.8 Å². The van der Waals surface area contributed by atoms with Crippen LogP contribution in [0, 0.1) is 11.8 Å². The second-order valence-electron chi connectivity index (χ2n) is 4.65. The van der Waals surface area contributed by atoms with Crippen LogP contribution in [0.4, 0.5) is 0 Å². The number of carboxylic acid groups (broad SMARTS) is 1. The Morgan fingerprint density at radius 1 is 1.35 bits per heavy atom. The highest BCUT2D eigenvalue weighted by Crippen LogP contribution is 2.24. The summed E-state index contributed by atoms with van der Waals surface area (Å²) in [6, 6.07) is 0. The lowest BCUT2D eigenvalue weighted by Gasteiger charge is -2.23. The number of thioether (sulfide) groups is 1. The summed E-state index contributed by atoms with van der Waals surface area (Å²) in [6.07, 6.45) is 3.64. The van der Waals surface area contributed by atoms with Crippen molar-refractivity contribution < 1.29 is 14.7 Å². The second-order valence-corrected chi connectivity index (χ2v) is 6.06. The second kappa shape index (κ2) is 6.89. The van der Waals surface area contributed by atoms with Gasteiger partial charge in [-0.15, -0.1) is 0 Å². The molecule has 1 amide bonds. The Hall–Kier alpha value is -0.710. The zero-order valence-electron chi connectivity index (χ0n) is 10.4. The molecule has 1 heterocycles. The predicted molar refractivity (Wildman–Crippen MR) is 69.1 cm³/mol. The molecule has 3 atom stereocenters. The van der Waals surface area contributed by atoms with Crippen molar-refractivity contribution in [1.29, 1.82) is 0 Å². The SMILES string of the molecule is CC(C(=O)O)C(C)C(=O)NCC1CCCCS1. The number of carbonyl (C=O) groups excluding carboxylic acids is 1. The van der Waals surface area contributed by atoms with Gasteiger partial charge in [-0.1, -0.05) is 20.3 Å². The van der Waals surface area contributed by atoms with Crippen molar-refractivity contribution in [3.8, 4) is 0 Å². The van der Waals surface area contributed by atoms with Crippen LogP contribution in [0.2, 0.25) is 0 Å². The van der Waals surface area contributed by atoms with Crippen LogP contribution in [0.25, 0.3) is 0 Å². The number of hydrogen-bond donors (Lipinski definition) is 2. The number of carbonyl (C=O) groups is 2. The van der Waals surface area contributed by atoms with Gasteiger partial charge in [-0.3, -0.25) is 9.59 Å². The van der Waals surface area contributed by atoms with Crippen LogP contribution in [-0.2, 0) is 9.59 Å². The number of hydrogen-bond acceptors (Lipinski definition) is 3. The van der Waals surface area contributed by atoms with Gasteiger partial charge in [0.2, 0.25) is 5.91 Å². The van der Waals surface area contributed by atoms with Gasteiger partial charge in [0.25, 0.3) is 0 Å². The molecule has 3 unspecified atom stereocenters. The Bertz CT molecular complexity index is 277. The molecule has 1 aliphatic rings. The van der Waals surface area contributed by atoms with E-state index in [1.165, 1.54) is 18.6 Å². The normalized spacial score (nSPS) is 23.8. The molecule has 1 rings (SSSR count). The molecule has 1 fully saturated rings. The molecule has 0 aromatic rings. The fourth-order valence-electron chi connectivity index (χ4n) is 1.78. The third kappa shape index (κ3) is 4.58. The third-order valence-corrected chi connectivity index (χ3v) is 4.73. The quantitative estimate of drug-likeness (QED) is 0.789. The van der Waals surface area contributed by atoms with Crippen molar-refractivity contribution in [2.75, 3.05) is 12.3 Å². The van der Waals surface area contributed by atoms with Gasteiger partial charge in [-0.25, -0.2) is 0 Å². The molecule has 0 aliphatic carbocycles. The molecule has 0 aromatic carbocycles. The van der Waals surface area contributed by atoms with E-state index in [0.29, 0.717) is 11.8 Å². The highest BCUT2D eigenvalue weighted by Gasteiger charge is 2.26. The Labute approximate surface area is 107 Å². The van der Waals surface area contributed by atoms with E-state index in [1.807, 2.05) is 11.8 Å². The standard InChI is InChI=1S/C12H21NO3S/c1-8(9(2)12(15)16)11(14)13-7-10-5-3-4-6-17-10/h8-10H,3-7H2,1-2H3,(H,13,14)(H,15,16). The minimum Gasteiger partial charge on any atom is -0.481 e. The average molecular weight is 259 g/mol. The van der Waals surface area contributed by atoms with Crippen LogP contribution in [0.15, 0.2) is 0 Å². The molecule has 17 heavy (non-hydrogen) atoms. The number of amides is 1. The maximum Gasteiger partial charge on any atom is 0.307 e. The Balaban J connectivity index is 2.30. The van der Waals surface area contributed by atoms with Gasteiger partial charge in [-0.05, 0) is 18.6 Å². The van der Waals surface area contributed by atoms with E-state index in [1.54, 1.807) is 13.8 Å². The fourth-order valence-corrected chi connectivity index (χ4v) is 3.02. The van der Waals surface area contributed by atoms with Crippen molar-refractivity contribution in [3.05, 3.63) is 0 Å². The van der Waals surface area contributed by atoms with E-state index in [0.717, 1.165) is 6.42 Å². The molecule has 1 saturated heterocycles. The van der Waals surface area contributed by atoms with E-state index in [4.69, 9.17) is 5.11 Å². The topological polar surface area (TPSA) is 66.4 Å². The minimum atomic E-state index is -0.917. The van der Waals surface area contributed by atoms with Crippen LogP contribution in [0.5, 0.6) is 0 Å². The van der Waals surface area contributed by atoms with Crippen LogP contribution in [0.1, 0.15) is 33.1 Å². The number of aliphatic carboxylic acids is 1. The van der Waals surface area contributed by atoms with Gasteiger partial charge < -0.3 is 10.4 Å². The van der Waals surface area contributed by atoms with Gasteiger partial charge in [-0.2, -0.15) is 11.8 Å². The smallest absolute Gasteiger partial charge is 0.307 e. The molecule has 0 spiro atoms. The number of rotatable bonds is 5. The molecule has 1 aliphatic heterocycles. The summed E-state index contributed by atoms with van der Waals surface area (Å²) in [4.78, 5) is 22.5. The van der Waals surface area contributed by atoms with Crippen LogP contribution in [0.3, 0.4) is 0 Å². The lowest BCUT2D eigenvalue weighted by Crippen LogP contribution is -2.38. The zero-order chi connectivity index (χ0) is 12.8. The largest absolute Gasteiger partial charge is 0.481 e. The first kappa shape index (κ1) is 14.4. The van der Waals surface area contributed by atoms with Crippen LogP contribution in [-0.4, -0.2) is 34.5 Å². The zero-order valence-corrected chi connectivity index (χ0v) is 11.3. The van der Waals surface area contributed by atoms with Crippen molar-refractivity contribution in [3.63, 3.8) is 0 Å². The van der Waals surface area contributed by atoms with Gasteiger partial charge in [0.05, 0.1) is 5.92 Å². The average Bonchev–Trinajstić information content (AvgIpc) is 2.35. The van der Waals surface area contributed by atoms with Crippen molar-refractivity contribution >= 4 is 23.6 Å². The highest BCUT2D eigenvalue weighted by atomic mass is 32.2. The summed E-state index contributed by atoms with van der Waals surface area (Å²) >= 11 is 1.90. The molecule has 0 bridgehead atoms. The fraction of sp³-hybridized carbons (Fsp3) is 0.833. The highest BCUT2D eigenvalue weighted by molar-refractivity contribution is 7.99. The maximum absolute atomic E-state index is 11.7. The monoisotopic (exact) mass is 259 g/mol. The first-order chi connectivity index (χ1) is 8.02. The van der Waals surface area contributed by atoms with E-state index in [-0.39, 0.29) is 5.91 Å². The summed E-state index contributed by atoms with van der Waals surface area (Å²) in [6.45, 7) is 3.91. The minimum absolute atomic E-state index is 0.147. The van der Waals surface area contributed by atoms with Gasteiger partial charge >= 0.3 is 5.97 Å². The lowest BCUT2D eigenvalue weighted by atomic mass is 9.95. The molecular weight excluding hydrogens is 238 g/mol. The molecule has 98 valence electrons. The van der Waals surface area contributed by atoms with Gasteiger partial charge in [0, 0.05) is 17.7 Å². The van der Waals surface area contributed by atoms with Crippen molar-refractivity contribution in [1.82, 2.24) is 5.32 Å². The molecule has 4 nitrogen and oxygen atoms in total. The molecule has 5 heteroatoms. The number of carboxylic acids is 1. The van der Waals surface area contributed by atoms with Gasteiger partial charge in [0.15, 0.2) is 0 Å². The molecule has 0 radical (unpaired) electrons. The number of nitrogens with one attached hydrogen (secondary N) is 1. The Morgan fingerprint density at radius 3 is 2.59 bits per heavy atom. The van der Waals surface area contributed by atoms with Crippen LogP contribution >= 0.6 is 11.8 Å². The Morgan fingerprint density at radius 2 is 2.06 bits per heavy atom. The van der Waals surface area contributed by atoms with E-state index < -0.39 is 17.8 Å². The first-order valence-electron chi connectivity index (χ1n) is 6.14. The van der Waals surface area contributed by atoms with E-state index in [9.17, 15) is 9.59 Å².